The van der Waals surface area contributed by atoms with Gasteiger partial charge in [-0.3, -0.25) is 0 Å². The van der Waals surface area contributed by atoms with Crippen LogP contribution in [-0.4, -0.2) is 25.2 Å². The zero-order chi connectivity index (χ0) is 20.5. The maximum absolute atomic E-state index is 12.9. The Kier molecular flexibility index (Phi) is 4.92. The van der Waals surface area contributed by atoms with E-state index in [0.717, 1.165) is 12.1 Å². The average Bonchev–Trinajstić information content (AvgIpc) is 2.70. The number of methoxy groups -OCH3 is 2. The minimum absolute atomic E-state index is 0.173. The van der Waals surface area contributed by atoms with E-state index in [1.54, 1.807) is 18.2 Å². The summed E-state index contributed by atoms with van der Waals surface area (Å²) in [6.07, 6.45) is -4.56. The van der Waals surface area contributed by atoms with Crippen molar-refractivity contribution in [3.8, 4) is 23.1 Å². The maximum Gasteiger partial charge on any atom is 0.416 e. The normalized spacial score (nSPS) is 11.1. The predicted molar refractivity (Wildman–Crippen MR) is 94.8 cm³/mol. The Morgan fingerprint density at radius 3 is 2.46 bits per heavy atom. The van der Waals surface area contributed by atoms with E-state index in [4.69, 9.17) is 9.47 Å². The van der Waals surface area contributed by atoms with Crippen LogP contribution < -0.4 is 4.74 Å². The molecule has 1 aromatic heterocycles. The van der Waals surface area contributed by atoms with Crippen LogP contribution in [0.3, 0.4) is 0 Å². The fraction of sp³-hybridized carbons (Fsp3) is 0.150. The van der Waals surface area contributed by atoms with Crippen molar-refractivity contribution in [1.29, 1.82) is 5.26 Å². The fourth-order valence-electron chi connectivity index (χ4n) is 2.78. The molecule has 0 atom stereocenters. The molecule has 0 saturated heterocycles. The number of halogens is 3. The van der Waals surface area contributed by atoms with Crippen LogP contribution in [0.4, 0.5) is 13.2 Å². The summed E-state index contributed by atoms with van der Waals surface area (Å²) in [6, 6.07) is 10.8. The van der Waals surface area contributed by atoms with Gasteiger partial charge in [-0.15, -0.1) is 0 Å². The summed E-state index contributed by atoms with van der Waals surface area (Å²) < 4.78 is 48.8. The third-order valence-electron chi connectivity index (χ3n) is 4.16. The molecule has 0 spiro atoms. The molecular weight excluding hydrogens is 373 g/mol. The molecule has 0 saturated carbocycles. The molecule has 0 bridgehead atoms. The van der Waals surface area contributed by atoms with Gasteiger partial charge in [-0.05, 0) is 30.3 Å². The quantitative estimate of drug-likeness (QED) is 0.616. The number of nitrogens with zero attached hydrogens (tertiary/aromatic N) is 2. The lowest BCUT2D eigenvalue weighted by Gasteiger charge is -2.12. The first-order chi connectivity index (χ1) is 13.3. The van der Waals surface area contributed by atoms with E-state index in [1.807, 2.05) is 0 Å². The van der Waals surface area contributed by atoms with E-state index < -0.39 is 17.7 Å². The Labute approximate surface area is 157 Å². The highest BCUT2D eigenvalue weighted by atomic mass is 19.4. The highest BCUT2D eigenvalue weighted by Crippen LogP contribution is 2.35. The van der Waals surface area contributed by atoms with Gasteiger partial charge in [0.25, 0.3) is 0 Å². The number of hydrogen-bond acceptors (Lipinski definition) is 5. The Morgan fingerprint density at radius 1 is 1.11 bits per heavy atom. The second-order valence-electron chi connectivity index (χ2n) is 5.80. The first-order valence-corrected chi connectivity index (χ1v) is 7.97. The fourth-order valence-corrected chi connectivity index (χ4v) is 2.78. The zero-order valence-electron chi connectivity index (χ0n) is 14.8. The number of aromatic nitrogens is 1. The van der Waals surface area contributed by atoms with Gasteiger partial charge < -0.3 is 9.47 Å². The van der Waals surface area contributed by atoms with Crippen LogP contribution >= 0.6 is 0 Å². The predicted octanol–water partition coefficient (Wildman–Crippen LogP) is 4.59. The lowest BCUT2D eigenvalue weighted by Crippen LogP contribution is -2.05. The van der Waals surface area contributed by atoms with Gasteiger partial charge in [-0.25, -0.2) is 9.78 Å². The molecule has 0 N–H and O–H groups in total. The number of nitriles is 1. The minimum atomic E-state index is -4.56. The molecule has 3 rings (SSSR count). The van der Waals surface area contributed by atoms with Crippen molar-refractivity contribution in [2.75, 3.05) is 14.2 Å². The standard InChI is InChI=1S/C20H13F3N2O3/c1-27-18-9-17(14-6-4-13(20(21,22)23)7-12(14)10-24)25-16-8-11(19(26)28-2)3-5-15(16)18/h3-9H,1-2H3. The van der Waals surface area contributed by atoms with Crippen LogP contribution in [-0.2, 0) is 10.9 Å². The number of rotatable bonds is 3. The first kappa shape index (κ1) is 19.2. The van der Waals surface area contributed by atoms with E-state index in [0.29, 0.717) is 16.7 Å². The van der Waals surface area contributed by atoms with Crippen molar-refractivity contribution < 1.29 is 27.4 Å². The largest absolute Gasteiger partial charge is 0.496 e. The molecule has 8 heteroatoms. The number of fused-ring (bicyclic) bond motifs is 1. The number of pyridine rings is 1. The number of esters is 1. The topological polar surface area (TPSA) is 72.2 Å². The van der Waals surface area contributed by atoms with E-state index in [9.17, 15) is 23.2 Å². The molecule has 0 aliphatic carbocycles. The van der Waals surface area contributed by atoms with Crippen LogP contribution in [0.5, 0.6) is 5.75 Å². The van der Waals surface area contributed by atoms with Crippen molar-refractivity contribution >= 4 is 16.9 Å². The summed E-state index contributed by atoms with van der Waals surface area (Å²) in [5.41, 5.74) is 0.00728. The van der Waals surface area contributed by atoms with Crippen LogP contribution in [0.2, 0.25) is 0 Å². The number of alkyl halides is 3. The molecule has 0 fully saturated rings. The highest BCUT2D eigenvalue weighted by molar-refractivity contribution is 5.96. The monoisotopic (exact) mass is 386 g/mol. The van der Waals surface area contributed by atoms with Gasteiger partial charge in [-0.2, -0.15) is 18.4 Å². The molecule has 28 heavy (non-hydrogen) atoms. The number of benzene rings is 2. The SMILES string of the molecule is COC(=O)c1ccc2c(OC)cc(-c3ccc(C(F)(F)F)cc3C#N)nc2c1. The summed E-state index contributed by atoms with van der Waals surface area (Å²) in [5.74, 6) is -0.152. The highest BCUT2D eigenvalue weighted by Gasteiger charge is 2.31. The van der Waals surface area contributed by atoms with Crippen molar-refractivity contribution in [2.24, 2.45) is 0 Å². The smallest absolute Gasteiger partial charge is 0.416 e. The second-order valence-corrected chi connectivity index (χ2v) is 5.80. The molecule has 0 radical (unpaired) electrons. The molecule has 1 heterocycles. The average molecular weight is 386 g/mol. The second kappa shape index (κ2) is 7.19. The Hall–Kier alpha value is -3.60. The summed E-state index contributed by atoms with van der Waals surface area (Å²) in [4.78, 5) is 16.2. The molecule has 0 aliphatic heterocycles. The summed E-state index contributed by atoms with van der Waals surface area (Å²) in [7, 11) is 2.68. The molecular formula is C20H13F3N2O3. The van der Waals surface area contributed by atoms with Gasteiger partial charge in [0.15, 0.2) is 0 Å². The van der Waals surface area contributed by atoms with Gasteiger partial charge in [0.05, 0.1) is 48.2 Å². The Bertz CT molecular complexity index is 1120. The van der Waals surface area contributed by atoms with Crippen LogP contribution in [0.1, 0.15) is 21.5 Å². The van der Waals surface area contributed by atoms with E-state index >= 15 is 0 Å². The van der Waals surface area contributed by atoms with Crippen LogP contribution in [0, 0.1) is 11.3 Å². The van der Waals surface area contributed by atoms with E-state index in [-0.39, 0.29) is 22.4 Å². The first-order valence-electron chi connectivity index (χ1n) is 7.97. The lowest BCUT2D eigenvalue weighted by molar-refractivity contribution is -0.137. The molecule has 2 aromatic carbocycles. The Morgan fingerprint density at radius 2 is 1.86 bits per heavy atom. The third-order valence-corrected chi connectivity index (χ3v) is 4.16. The summed E-state index contributed by atoms with van der Waals surface area (Å²) >= 11 is 0. The number of hydrogen-bond donors (Lipinski definition) is 0. The van der Waals surface area contributed by atoms with Gasteiger partial charge in [0.1, 0.15) is 5.75 Å². The summed E-state index contributed by atoms with van der Waals surface area (Å²) in [5, 5.41) is 9.92. The van der Waals surface area contributed by atoms with Crippen molar-refractivity contribution in [1.82, 2.24) is 4.98 Å². The molecule has 0 unspecified atom stereocenters. The van der Waals surface area contributed by atoms with Gasteiger partial charge in [0.2, 0.25) is 0 Å². The van der Waals surface area contributed by atoms with Crippen molar-refractivity contribution in [3.63, 3.8) is 0 Å². The zero-order valence-corrected chi connectivity index (χ0v) is 14.8. The van der Waals surface area contributed by atoms with Crippen molar-refractivity contribution in [3.05, 3.63) is 59.2 Å². The van der Waals surface area contributed by atoms with E-state index in [2.05, 4.69) is 4.98 Å². The van der Waals surface area contributed by atoms with E-state index in [1.165, 1.54) is 32.4 Å². The van der Waals surface area contributed by atoms with Gasteiger partial charge >= 0.3 is 12.1 Å². The van der Waals surface area contributed by atoms with Gasteiger partial charge in [-0.1, -0.05) is 6.07 Å². The lowest BCUT2D eigenvalue weighted by atomic mass is 10.00. The molecule has 5 nitrogen and oxygen atoms in total. The molecule has 3 aromatic rings. The maximum atomic E-state index is 12.9. The molecule has 142 valence electrons. The summed E-state index contributed by atoms with van der Waals surface area (Å²) in [6.45, 7) is 0. The van der Waals surface area contributed by atoms with Crippen LogP contribution in [0.25, 0.3) is 22.2 Å². The number of carbonyl (C=O) groups excluding carboxylic acids is 1. The minimum Gasteiger partial charge on any atom is -0.496 e. The molecule has 0 amide bonds. The Balaban J connectivity index is 2.23. The van der Waals surface area contributed by atoms with Gasteiger partial charge in [0, 0.05) is 17.0 Å². The third kappa shape index (κ3) is 3.47. The number of carbonyl (C=O) groups is 1. The molecule has 0 aliphatic rings. The van der Waals surface area contributed by atoms with Crippen LogP contribution in [0.15, 0.2) is 42.5 Å². The van der Waals surface area contributed by atoms with Crippen molar-refractivity contribution in [2.45, 2.75) is 6.18 Å². The number of ether oxygens (including phenoxy) is 2.